The van der Waals surface area contributed by atoms with E-state index >= 15 is 4.39 Å². The van der Waals surface area contributed by atoms with Crippen LogP contribution >= 0.6 is 11.6 Å². The van der Waals surface area contributed by atoms with E-state index in [1.54, 1.807) is 38.4 Å². The molecule has 3 heterocycles. The molecule has 0 amide bonds. The largest absolute Gasteiger partial charge is 0.362 e. The first kappa shape index (κ1) is 21.0. The number of halogens is 3. The van der Waals surface area contributed by atoms with E-state index in [1.165, 1.54) is 24.8 Å². The summed E-state index contributed by atoms with van der Waals surface area (Å²) in [5, 5.41) is 10.0. The number of aromatic nitrogens is 6. The van der Waals surface area contributed by atoms with Crippen molar-refractivity contribution in [1.29, 1.82) is 0 Å². The van der Waals surface area contributed by atoms with Gasteiger partial charge in [0.15, 0.2) is 11.5 Å². The number of imidazole rings is 1. The van der Waals surface area contributed by atoms with Crippen molar-refractivity contribution in [2.24, 2.45) is 0 Å². The summed E-state index contributed by atoms with van der Waals surface area (Å²) in [6.07, 6.45) is 6.20. The Morgan fingerprint density at radius 1 is 1.09 bits per heavy atom. The van der Waals surface area contributed by atoms with Gasteiger partial charge in [0.2, 0.25) is 0 Å². The SMILES string of the molecule is Cc1c(Cl)c(F)c(C(C)Nc2ncnc3nc[nH]c23)c(-c2cccc(F)c2)c1-c1cn[nH]c1. The molecule has 0 aliphatic heterocycles. The van der Waals surface area contributed by atoms with Crippen LogP contribution in [0.1, 0.15) is 24.1 Å². The molecular weight excluding hydrogens is 448 g/mol. The monoisotopic (exact) mass is 465 g/mol. The van der Waals surface area contributed by atoms with Crippen LogP contribution in [-0.4, -0.2) is 30.1 Å². The van der Waals surface area contributed by atoms with Gasteiger partial charge in [-0.05, 0) is 48.2 Å². The fraction of sp³-hybridized carbons (Fsp3) is 0.130. The van der Waals surface area contributed by atoms with E-state index in [0.717, 1.165) is 0 Å². The molecule has 0 spiro atoms. The van der Waals surface area contributed by atoms with Crippen molar-refractivity contribution in [2.75, 3.05) is 5.32 Å². The van der Waals surface area contributed by atoms with Crippen LogP contribution in [0.3, 0.4) is 0 Å². The average Bonchev–Trinajstić information content (AvgIpc) is 3.50. The maximum Gasteiger partial charge on any atom is 0.182 e. The van der Waals surface area contributed by atoms with E-state index < -0.39 is 17.7 Å². The molecule has 166 valence electrons. The van der Waals surface area contributed by atoms with Crippen LogP contribution < -0.4 is 5.32 Å². The molecule has 10 heteroatoms. The molecule has 0 saturated heterocycles. The topological polar surface area (TPSA) is 95.2 Å². The highest BCUT2D eigenvalue weighted by Crippen LogP contribution is 2.45. The fourth-order valence-corrected chi connectivity index (χ4v) is 4.27. The highest BCUT2D eigenvalue weighted by molar-refractivity contribution is 6.32. The third-order valence-corrected chi connectivity index (χ3v) is 6.01. The zero-order valence-corrected chi connectivity index (χ0v) is 18.4. The van der Waals surface area contributed by atoms with Crippen molar-refractivity contribution >= 4 is 28.6 Å². The molecule has 0 saturated carbocycles. The Balaban J connectivity index is 1.76. The van der Waals surface area contributed by atoms with Gasteiger partial charge in [0.25, 0.3) is 0 Å². The number of aromatic amines is 2. The van der Waals surface area contributed by atoms with Crippen LogP contribution in [0.5, 0.6) is 0 Å². The van der Waals surface area contributed by atoms with E-state index in [1.807, 2.05) is 0 Å². The van der Waals surface area contributed by atoms with Crippen molar-refractivity contribution < 1.29 is 8.78 Å². The quantitative estimate of drug-likeness (QED) is 0.304. The highest BCUT2D eigenvalue weighted by Gasteiger charge is 2.27. The molecule has 1 unspecified atom stereocenters. The van der Waals surface area contributed by atoms with Gasteiger partial charge in [0.1, 0.15) is 23.5 Å². The van der Waals surface area contributed by atoms with Crippen molar-refractivity contribution in [3.8, 4) is 22.3 Å². The van der Waals surface area contributed by atoms with Crippen LogP contribution in [0.2, 0.25) is 5.02 Å². The van der Waals surface area contributed by atoms with Crippen molar-refractivity contribution in [2.45, 2.75) is 19.9 Å². The lowest BCUT2D eigenvalue weighted by atomic mass is 9.85. The zero-order valence-electron chi connectivity index (χ0n) is 17.6. The summed E-state index contributed by atoms with van der Waals surface area (Å²) in [5.41, 5.74) is 4.28. The van der Waals surface area contributed by atoms with Crippen molar-refractivity contribution in [1.82, 2.24) is 30.1 Å². The summed E-state index contributed by atoms with van der Waals surface area (Å²) in [6, 6.07) is 5.44. The van der Waals surface area contributed by atoms with E-state index in [-0.39, 0.29) is 10.6 Å². The Morgan fingerprint density at radius 3 is 2.70 bits per heavy atom. The smallest absolute Gasteiger partial charge is 0.182 e. The molecule has 33 heavy (non-hydrogen) atoms. The average molecular weight is 466 g/mol. The predicted molar refractivity (Wildman–Crippen MR) is 123 cm³/mol. The number of benzene rings is 2. The van der Waals surface area contributed by atoms with Crippen LogP contribution in [0, 0.1) is 18.6 Å². The number of fused-ring (bicyclic) bond motifs is 1. The van der Waals surface area contributed by atoms with E-state index in [9.17, 15) is 4.39 Å². The molecule has 0 aliphatic carbocycles. The van der Waals surface area contributed by atoms with Crippen molar-refractivity contribution in [3.05, 3.63) is 77.1 Å². The Kier molecular flexibility index (Phi) is 5.26. The second kappa shape index (κ2) is 8.25. The molecule has 3 N–H and O–H groups in total. The molecule has 0 fully saturated rings. The maximum atomic E-state index is 15.8. The Bertz CT molecular complexity index is 1460. The molecule has 2 aromatic carbocycles. The molecule has 0 aliphatic rings. The predicted octanol–water partition coefficient (Wildman–Crippen LogP) is 5.82. The molecular formula is C23H18ClF2N7. The number of hydrogen-bond donors (Lipinski definition) is 3. The first-order valence-electron chi connectivity index (χ1n) is 10.1. The first-order chi connectivity index (χ1) is 16.0. The van der Waals surface area contributed by atoms with Gasteiger partial charge in [-0.2, -0.15) is 5.10 Å². The summed E-state index contributed by atoms with van der Waals surface area (Å²) in [5.74, 6) is -0.563. The van der Waals surface area contributed by atoms with Crippen LogP contribution in [-0.2, 0) is 0 Å². The highest BCUT2D eigenvalue weighted by atomic mass is 35.5. The fourth-order valence-electron chi connectivity index (χ4n) is 4.08. The summed E-state index contributed by atoms with van der Waals surface area (Å²) in [7, 11) is 0. The third kappa shape index (κ3) is 3.60. The molecule has 0 bridgehead atoms. The van der Waals surface area contributed by atoms with Gasteiger partial charge >= 0.3 is 0 Å². The van der Waals surface area contributed by atoms with Gasteiger partial charge < -0.3 is 10.3 Å². The van der Waals surface area contributed by atoms with Crippen LogP contribution in [0.4, 0.5) is 14.6 Å². The van der Waals surface area contributed by atoms with E-state index in [2.05, 4.69) is 35.5 Å². The normalized spacial score (nSPS) is 12.3. The van der Waals surface area contributed by atoms with Crippen LogP contribution in [0.15, 0.2) is 49.3 Å². The summed E-state index contributed by atoms with van der Waals surface area (Å²) < 4.78 is 30.0. The van der Waals surface area contributed by atoms with Gasteiger partial charge in [0.05, 0.1) is 23.6 Å². The second-order valence-corrected chi connectivity index (χ2v) is 7.98. The lowest BCUT2D eigenvalue weighted by Gasteiger charge is -2.24. The zero-order chi connectivity index (χ0) is 23.1. The Morgan fingerprint density at radius 2 is 1.94 bits per heavy atom. The minimum absolute atomic E-state index is 0.00984. The number of anilines is 1. The summed E-state index contributed by atoms with van der Waals surface area (Å²) in [6.45, 7) is 3.52. The van der Waals surface area contributed by atoms with Gasteiger partial charge in [-0.3, -0.25) is 5.10 Å². The number of H-pyrrole nitrogens is 2. The molecule has 3 aromatic heterocycles. The van der Waals surface area contributed by atoms with E-state index in [0.29, 0.717) is 44.8 Å². The molecule has 5 rings (SSSR count). The lowest BCUT2D eigenvalue weighted by molar-refractivity contribution is 0.600. The molecule has 5 aromatic rings. The second-order valence-electron chi connectivity index (χ2n) is 7.60. The van der Waals surface area contributed by atoms with E-state index in [4.69, 9.17) is 11.6 Å². The minimum Gasteiger partial charge on any atom is -0.362 e. The van der Waals surface area contributed by atoms with Crippen molar-refractivity contribution in [3.63, 3.8) is 0 Å². The number of hydrogen-bond acceptors (Lipinski definition) is 5. The Labute approximate surface area is 192 Å². The van der Waals surface area contributed by atoms with Gasteiger partial charge in [-0.1, -0.05) is 23.7 Å². The summed E-state index contributed by atoms with van der Waals surface area (Å²) >= 11 is 6.47. The first-order valence-corrected chi connectivity index (χ1v) is 10.5. The standard InChI is InChI=1S/C23H18ClF2N7/c1-11-16(14-7-31-32-8-14)18(13-4-3-5-15(25)6-13)17(20(26)19(11)24)12(2)33-23-21-22(28-9-27-21)29-10-30-23/h3-10,12H,1-2H3,(H,31,32)(H2,27,28,29,30,33). The number of nitrogens with one attached hydrogen (secondary N) is 3. The molecule has 1 atom stereocenters. The summed E-state index contributed by atoms with van der Waals surface area (Å²) in [4.78, 5) is 15.5. The molecule has 7 nitrogen and oxygen atoms in total. The van der Waals surface area contributed by atoms with Gasteiger partial charge in [0, 0.05) is 17.3 Å². The number of rotatable bonds is 5. The maximum absolute atomic E-state index is 15.8. The molecule has 0 radical (unpaired) electrons. The third-order valence-electron chi connectivity index (χ3n) is 5.56. The lowest BCUT2D eigenvalue weighted by Crippen LogP contribution is -2.14. The van der Waals surface area contributed by atoms with Crippen LogP contribution in [0.25, 0.3) is 33.4 Å². The minimum atomic E-state index is -0.603. The Hall–Kier alpha value is -3.85. The van der Waals surface area contributed by atoms with Gasteiger partial charge in [-0.15, -0.1) is 0 Å². The number of nitrogens with zero attached hydrogens (tertiary/aromatic N) is 4. The van der Waals surface area contributed by atoms with Gasteiger partial charge in [-0.25, -0.2) is 23.7 Å².